The van der Waals surface area contributed by atoms with E-state index >= 15 is 0 Å². The van der Waals surface area contributed by atoms with Gasteiger partial charge in [0.15, 0.2) is 0 Å². The number of amides is 1. The van der Waals surface area contributed by atoms with E-state index in [0.29, 0.717) is 12.8 Å². The Labute approximate surface area is 65.5 Å². The van der Waals surface area contributed by atoms with E-state index in [1.807, 2.05) is 0 Å². The highest BCUT2D eigenvalue weighted by atomic mass is 16.4. The molecule has 0 bridgehead atoms. The van der Waals surface area contributed by atoms with E-state index in [-0.39, 0.29) is 12.6 Å². The SMILES string of the molecule is C=CCC[C@@H](CO)NC(=O)O. The van der Waals surface area contributed by atoms with Crippen molar-refractivity contribution in [3.05, 3.63) is 12.7 Å². The van der Waals surface area contributed by atoms with Crippen molar-refractivity contribution in [2.45, 2.75) is 18.9 Å². The van der Waals surface area contributed by atoms with Crippen molar-refractivity contribution in [3.8, 4) is 0 Å². The zero-order chi connectivity index (χ0) is 8.69. The van der Waals surface area contributed by atoms with Gasteiger partial charge in [-0.25, -0.2) is 4.79 Å². The van der Waals surface area contributed by atoms with E-state index in [9.17, 15) is 4.79 Å². The van der Waals surface area contributed by atoms with Crippen LogP contribution in [0, 0.1) is 0 Å². The van der Waals surface area contributed by atoms with Gasteiger partial charge in [-0.3, -0.25) is 0 Å². The molecule has 0 rings (SSSR count). The number of aliphatic hydroxyl groups is 1. The first-order valence-corrected chi connectivity index (χ1v) is 3.42. The molecule has 0 aliphatic carbocycles. The van der Waals surface area contributed by atoms with Gasteiger partial charge >= 0.3 is 6.09 Å². The molecule has 0 aliphatic rings. The van der Waals surface area contributed by atoms with Gasteiger partial charge < -0.3 is 15.5 Å². The van der Waals surface area contributed by atoms with Crippen LogP contribution < -0.4 is 5.32 Å². The Balaban J connectivity index is 3.57. The summed E-state index contributed by atoms with van der Waals surface area (Å²) in [6.07, 6.45) is 1.87. The molecule has 0 saturated heterocycles. The highest BCUT2D eigenvalue weighted by molar-refractivity contribution is 5.64. The second kappa shape index (κ2) is 5.73. The first kappa shape index (κ1) is 9.97. The van der Waals surface area contributed by atoms with Gasteiger partial charge in [0.1, 0.15) is 0 Å². The lowest BCUT2D eigenvalue weighted by molar-refractivity contribution is 0.175. The number of aliphatic hydroxyl groups excluding tert-OH is 1. The van der Waals surface area contributed by atoms with Crippen LogP contribution in [-0.2, 0) is 0 Å². The fourth-order valence-electron chi connectivity index (χ4n) is 0.703. The fourth-order valence-corrected chi connectivity index (χ4v) is 0.703. The number of carboxylic acid groups (broad SMARTS) is 1. The summed E-state index contributed by atoms with van der Waals surface area (Å²) in [5.74, 6) is 0. The third-order valence-electron chi connectivity index (χ3n) is 1.27. The number of hydrogen-bond acceptors (Lipinski definition) is 2. The molecule has 0 aromatic carbocycles. The third-order valence-corrected chi connectivity index (χ3v) is 1.27. The summed E-state index contributed by atoms with van der Waals surface area (Å²) in [7, 11) is 0. The molecular formula is C7H13NO3. The molecule has 0 heterocycles. The number of carbonyl (C=O) groups is 1. The molecule has 0 spiro atoms. The van der Waals surface area contributed by atoms with E-state index in [4.69, 9.17) is 10.2 Å². The monoisotopic (exact) mass is 159 g/mol. The molecule has 4 heteroatoms. The van der Waals surface area contributed by atoms with Gasteiger partial charge in [-0.2, -0.15) is 0 Å². The van der Waals surface area contributed by atoms with Crippen LogP contribution in [0.1, 0.15) is 12.8 Å². The lowest BCUT2D eigenvalue weighted by atomic mass is 10.2. The molecule has 0 radical (unpaired) electrons. The predicted octanol–water partition coefficient (Wildman–Crippen LogP) is 0.581. The summed E-state index contributed by atoms with van der Waals surface area (Å²) in [5, 5.41) is 19.1. The minimum atomic E-state index is -1.10. The molecule has 0 aliphatic heterocycles. The molecule has 1 amide bonds. The normalized spacial score (nSPS) is 12.1. The van der Waals surface area contributed by atoms with Crippen LogP contribution in [0.4, 0.5) is 4.79 Å². The molecule has 11 heavy (non-hydrogen) atoms. The number of nitrogens with one attached hydrogen (secondary N) is 1. The molecule has 0 fully saturated rings. The van der Waals surface area contributed by atoms with Gasteiger partial charge in [-0.15, -0.1) is 6.58 Å². The van der Waals surface area contributed by atoms with E-state index in [2.05, 4.69) is 11.9 Å². The first-order chi connectivity index (χ1) is 5.20. The maximum absolute atomic E-state index is 10.1. The average molecular weight is 159 g/mol. The summed E-state index contributed by atoms with van der Waals surface area (Å²) in [6, 6.07) is -0.370. The maximum atomic E-state index is 10.1. The standard InChI is InChI=1S/C7H13NO3/c1-2-3-4-6(5-9)8-7(10)11/h2,6,8-9H,1,3-5H2,(H,10,11)/t6-/m0/s1. The van der Waals surface area contributed by atoms with E-state index in [0.717, 1.165) is 0 Å². The molecule has 64 valence electrons. The zero-order valence-electron chi connectivity index (χ0n) is 6.29. The van der Waals surface area contributed by atoms with Gasteiger partial charge in [0.25, 0.3) is 0 Å². The van der Waals surface area contributed by atoms with Gasteiger partial charge in [-0.05, 0) is 12.8 Å². The molecule has 1 atom stereocenters. The second-order valence-electron chi connectivity index (χ2n) is 2.20. The van der Waals surface area contributed by atoms with Crippen molar-refractivity contribution < 1.29 is 15.0 Å². The summed E-state index contributed by atoms with van der Waals surface area (Å²) in [4.78, 5) is 10.1. The summed E-state index contributed by atoms with van der Waals surface area (Å²) in [5.41, 5.74) is 0. The fraction of sp³-hybridized carbons (Fsp3) is 0.571. The zero-order valence-corrected chi connectivity index (χ0v) is 6.29. The second-order valence-corrected chi connectivity index (χ2v) is 2.20. The Hall–Kier alpha value is -1.03. The van der Waals surface area contributed by atoms with Gasteiger partial charge in [0, 0.05) is 0 Å². The van der Waals surface area contributed by atoms with Crippen LogP contribution in [0.2, 0.25) is 0 Å². The summed E-state index contributed by atoms with van der Waals surface area (Å²) >= 11 is 0. The van der Waals surface area contributed by atoms with Gasteiger partial charge in [-0.1, -0.05) is 6.08 Å². The summed E-state index contributed by atoms with van der Waals surface area (Å²) < 4.78 is 0. The van der Waals surface area contributed by atoms with Crippen molar-refractivity contribution in [2.75, 3.05) is 6.61 Å². The molecule has 3 N–H and O–H groups in total. The van der Waals surface area contributed by atoms with Crippen LogP contribution in [0.5, 0.6) is 0 Å². The quantitative estimate of drug-likeness (QED) is 0.514. The number of hydrogen-bond donors (Lipinski definition) is 3. The number of rotatable bonds is 5. The van der Waals surface area contributed by atoms with E-state index in [1.165, 1.54) is 0 Å². The van der Waals surface area contributed by atoms with Crippen LogP contribution >= 0.6 is 0 Å². The molecule has 0 aromatic rings. The predicted molar refractivity (Wildman–Crippen MR) is 41.5 cm³/mol. The Morgan fingerprint density at radius 1 is 1.73 bits per heavy atom. The Morgan fingerprint density at radius 2 is 2.36 bits per heavy atom. The van der Waals surface area contributed by atoms with E-state index < -0.39 is 6.09 Å². The highest BCUT2D eigenvalue weighted by Crippen LogP contribution is 1.96. The summed E-state index contributed by atoms with van der Waals surface area (Å²) in [6.45, 7) is 3.32. The van der Waals surface area contributed by atoms with Gasteiger partial charge in [0.05, 0.1) is 12.6 Å². The molecule has 0 saturated carbocycles. The Morgan fingerprint density at radius 3 is 2.73 bits per heavy atom. The molecule has 0 unspecified atom stereocenters. The third kappa shape index (κ3) is 5.42. The van der Waals surface area contributed by atoms with Crippen LogP contribution in [0.3, 0.4) is 0 Å². The molecular weight excluding hydrogens is 146 g/mol. The van der Waals surface area contributed by atoms with Crippen molar-refractivity contribution in [2.24, 2.45) is 0 Å². The Kier molecular flexibility index (Phi) is 5.20. The highest BCUT2D eigenvalue weighted by Gasteiger charge is 2.07. The van der Waals surface area contributed by atoms with Gasteiger partial charge in [0.2, 0.25) is 0 Å². The lowest BCUT2D eigenvalue weighted by Gasteiger charge is -2.11. The van der Waals surface area contributed by atoms with Crippen molar-refractivity contribution in [1.82, 2.24) is 5.32 Å². The smallest absolute Gasteiger partial charge is 0.404 e. The molecule has 0 aromatic heterocycles. The van der Waals surface area contributed by atoms with Crippen LogP contribution in [0.25, 0.3) is 0 Å². The average Bonchev–Trinajstić information content (AvgIpc) is 1.97. The van der Waals surface area contributed by atoms with Crippen molar-refractivity contribution in [1.29, 1.82) is 0 Å². The molecule has 4 nitrogen and oxygen atoms in total. The van der Waals surface area contributed by atoms with Crippen LogP contribution in [0.15, 0.2) is 12.7 Å². The van der Waals surface area contributed by atoms with Crippen LogP contribution in [-0.4, -0.2) is 29.0 Å². The topological polar surface area (TPSA) is 69.6 Å². The minimum absolute atomic E-state index is 0.167. The van der Waals surface area contributed by atoms with E-state index in [1.54, 1.807) is 6.08 Å². The largest absolute Gasteiger partial charge is 0.465 e. The van der Waals surface area contributed by atoms with Crippen molar-refractivity contribution in [3.63, 3.8) is 0 Å². The maximum Gasteiger partial charge on any atom is 0.404 e. The minimum Gasteiger partial charge on any atom is -0.465 e. The van der Waals surface area contributed by atoms with Crippen molar-refractivity contribution >= 4 is 6.09 Å². The lowest BCUT2D eigenvalue weighted by Crippen LogP contribution is -2.36. The first-order valence-electron chi connectivity index (χ1n) is 3.42. The Bertz CT molecular complexity index is 136. The number of allylic oxidation sites excluding steroid dienone is 1.